The molecule has 1 amide bonds. The number of anilines is 2. The van der Waals surface area contributed by atoms with Gasteiger partial charge in [-0.25, -0.2) is 8.42 Å². The maximum atomic E-state index is 13.3. The normalized spacial score (nSPS) is 13.4. The van der Waals surface area contributed by atoms with Crippen molar-refractivity contribution in [2.75, 3.05) is 22.8 Å². The lowest BCUT2D eigenvalue weighted by molar-refractivity contribution is -0.118. The van der Waals surface area contributed by atoms with Crippen LogP contribution in [0.1, 0.15) is 23.1 Å². The van der Waals surface area contributed by atoms with Gasteiger partial charge in [-0.15, -0.1) is 0 Å². The fourth-order valence-corrected chi connectivity index (χ4v) is 5.66. The number of fused-ring (bicyclic) bond motifs is 1. The predicted molar refractivity (Wildman–Crippen MR) is 131 cm³/mol. The summed E-state index contributed by atoms with van der Waals surface area (Å²) in [6.07, 6.45) is 1.60. The highest BCUT2D eigenvalue weighted by molar-refractivity contribution is 7.92. The van der Waals surface area contributed by atoms with Crippen LogP contribution < -0.4 is 14.4 Å². The average Bonchev–Trinajstić information content (AvgIpc) is 2.80. The molecule has 4 rings (SSSR count). The first-order valence-electron chi connectivity index (χ1n) is 10.7. The van der Waals surface area contributed by atoms with Gasteiger partial charge in [0.2, 0.25) is 0 Å². The molecule has 1 aliphatic heterocycles. The smallest absolute Gasteiger partial charge is 0.264 e. The summed E-state index contributed by atoms with van der Waals surface area (Å²) < 4.78 is 33.6. The zero-order valence-corrected chi connectivity index (χ0v) is 20.0. The van der Waals surface area contributed by atoms with Gasteiger partial charge in [0.05, 0.1) is 15.6 Å². The first-order valence-corrected chi connectivity index (χ1v) is 12.5. The van der Waals surface area contributed by atoms with E-state index >= 15 is 0 Å². The fraction of sp³-hybridized carbons (Fsp3) is 0.240. The third-order valence-corrected chi connectivity index (χ3v) is 7.81. The van der Waals surface area contributed by atoms with Gasteiger partial charge in [0.25, 0.3) is 15.9 Å². The molecule has 0 spiro atoms. The van der Waals surface area contributed by atoms with Gasteiger partial charge in [0.15, 0.2) is 6.61 Å². The van der Waals surface area contributed by atoms with Crippen LogP contribution in [0.3, 0.4) is 0 Å². The molecule has 0 aliphatic carbocycles. The van der Waals surface area contributed by atoms with Crippen LogP contribution in [0.15, 0.2) is 65.6 Å². The number of hydrogen-bond donors (Lipinski definition) is 1. The Labute approximate surface area is 199 Å². The molecular weight excluding hydrogens is 460 g/mol. The molecule has 1 heterocycles. The quantitative estimate of drug-likeness (QED) is 0.527. The minimum Gasteiger partial charge on any atom is -0.482 e. The predicted octanol–water partition coefficient (Wildman–Crippen LogP) is 5.12. The number of para-hydroxylation sites is 1. The van der Waals surface area contributed by atoms with Crippen molar-refractivity contribution in [3.05, 3.63) is 82.4 Å². The van der Waals surface area contributed by atoms with Crippen molar-refractivity contribution in [2.24, 2.45) is 0 Å². The first kappa shape index (κ1) is 23.1. The molecule has 6 nitrogen and oxygen atoms in total. The van der Waals surface area contributed by atoms with E-state index in [1.165, 1.54) is 22.5 Å². The van der Waals surface area contributed by atoms with Crippen molar-refractivity contribution in [2.45, 2.75) is 31.6 Å². The van der Waals surface area contributed by atoms with Crippen molar-refractivity contribution in [1.82, 2.24) is 0 Å². The van der Waals surface area contributed by atoms with E-state index in [2.05, 4.69) is 5.32 Å². The number of halogens is 1. The van der Waals surface area contributed by atoms with Crippen LogP contribution in [0.25, 0.3) is 0 Å². The molecule has 1 aliphatic rings. The van der Waals surface area contributed by atoms with Gasteiger partial charge in [-0.3, -0.25) is 9.10 Å². The van der Waals surface area contributed by atoms with Crippen LogP contribution in [0, 0.1) is 13.8 Å². The lowest BCUT2D eigenvalue weighted by atomic mass is 10.0. The molecule has 33 heavy (non-hydrogen) atoms. The summed E-state index contributed by atoms with van der Waals surface area (Å²) >= 11 is 6.32. The van der Waals surface area contributed by atoms with Crippen molar-refractivity contribution in [3.8, 4) is 5.75 Å². The summed E-state index contributed by atoms with van der Waals surface area (Å²) in [4.78, 5) is 12.3. The molecule has 0 saturated carbocycles. The third kappa shape index (κ3) is 4.99. The number of carbonyl (C=O) groups is 1. The summed E-state index contributed by atoms with van der Waals surface area (Å²) in [5.74, 6) is -0.0964. The molecule has 3 aromatic rings. The molecule has 3 aromatic carbocycles. The number of benzene rings is 3. The Kier molecular flexibility index (Phi) is 6.63. The van der Waals surface area contributed by atoms with Crippen molar-refractivity contribution >= 4 is 38.9 Å². The number of ether oxygens (including phenoxy) is 1. The Morgan fingerprint density at radius 1 is 1.06 bits per heavy atom. The fourth-order valence-electron chi connectivity index (χ4n) is 3.79. The van der Waals surface area contributed by atoms with Crippen molar-refractivity contribution < 1.29 is 17.9 Å². The zero-order valence-electron chi connectivity index (χ0n) is 18.5. The Bertz CT molecular complexity index is 1310. The summed E-state index contributed by atoms with van der Waals surface area (Å²) in [6.45, 7) is 4.13. The van der Waals surface area contributed by atoms with E-state index in [-0.39, 0.29) is 28.2 Å². The lowest BCUT2D eigenvalue weighted by Gasteiger charge is -2.30. The minimum absolute atomic E-state index is 0.0798. The number of sulfonamides is 1. The van der Waals surface area contributed by atoms with Crippen LogP contribution in [-0.2, 0) is 21.2 Å². The Balaban J connectivity index is 1.46. The van der Waals surface area contributed by atoms with Gasteiger partial charge >= 0.3 is 0 Å². The van der Waals surface area contributed by atoms with Crippen molar-refractivity contribution in [1.29, 1.82) is 0 Å². The maximum absolute atomic E-state index is 13.3. The van der Waals surface area contributed by atoms with Crippen LogP contribution in [0.4, 0.5) is 11.4 Å². The van der Waals surface area contributed by atoms with Gasteiger partial charge in [-0.2, -0.15) is 0 Å². The standard InChI is InChI=1S/C25H25ClN2O4S/c1-17-9-10-20(14-18(17)2)27-25(29)16-32-24-12-11-21(15-22(24)26)33(30,31)28-13-5-7-19-6-3-4-8-23(19)28/h3-4,6,8-12,14-15H,5,7,13,16H2,1-2H3,(H,27,29). The van der Waals surface area contributed by atoms with Crippen LogP contribution in [-0.4, -0.2) is 27.5 Å². The summed E-state index contributed by atoms with van der Waals surface area (Å²) in [6, 6.07) is 17.5. The largest absolute Gasteiger partial charge is 0.482 e. The Morgan fingerprint density at radius 3 is 2.61 bits per heavy atom. The Morgan fingerprint density at radius 2 is 1.85 bits per heavy atom. The molecule has 8 heteroatoms. The van der Waals surface area contributed by atoms with Crippen LogP contribution >= 0.6 is 11.6 Å². The Hall–Kier alpha value is -3.03. The van der Waals surface area contributed by atoms with E-state index in [0.717, 1.165) is 29.5 Å². The summed E-state index contributed by atoms with van der Waals surface area (Å²) in [5, 5.41) is 2.90. The SMILES string of the molecule is Cc1ccc(NC(=O)COc2ccc(S(=O)(=O)N3CCCc4ccccc43)cc2Cl)cc1C. The number of rotatable bonds is 6. The first-order chi connectivity index (χ1) is 15.8. The molecular formula is C25H25ClN2O4S. The molecule has 0 atom stereocenters. The maximum Gasteiger partial charge on any atom is 0.264 e. The highest BCUT2D eigenvalue weighted by Crippen LogP contribution is 2.34. The summed E-state index contributed by atoms with van der Waals surface area (Å²) in [7, 11) is -3.78. The van der Waals surface area contributed by atoms with Gasteiger partial charge in [0.1, 0.15) is 5.75 Å². The third-order valence-electron chi connectivity index (χ3n) is 5.71. The number of amides is 1. The number of nitrogens with zero attached hydrogens (tertiary/aromatic N) is 1. The highest BCUT2D eigenvalue weighted by Gasteiger charge is 2.29. The average molecular weight is 485 g/mol. The monoisotopic (exact) mass is 484 g/mol. The second-order valence-electron chi connectivity index (χ2n) is 8.04. The van der Waals surface area contributed by atoms with Gasteiger partial charge < -0.3 is 10.1 Å². The van der Waals surface area contributed by atoms with Gasteiger partial charge in [-0.05, 0) is 79.8 Å². The van der Waals surface area contributed by atoms with E-state index < -0.39 is 10.0 Å². The molecule has 172 valence electrons. The topological polar surface area (TPSA) is 75.7 Å². The number of hydrogen-bond acceptors (Lipinski definition) is 4. The molecule has 0 fully saturated rings. The van der Waals surface area contributed by atoms with Crippen molar-refractivity contribution in [3.63, 3.8) is 0 Å². The molecule has 0 bridgehead atoms. The minimum atomic E-state index is -3.78. The molecule has 0 aromatic heterocycles. The molecule has 1 N–H and O–H groups in total. The van der Waals surface area contributed by atoms with Gasteiger partial charge in [0, 0.05) is 12.2 Å². The van der Waals surface area contributed by atoms with E-state index in [4.69, 9.17) is 16.3 Å². The van der Waals surface area contributed by atoms with E-state index in [1.807, 2.05) is 56.3 Å². The van der Waals surface area contributed by atoms with E-state index in [9.17, 15) is 13.2 Å². The second-order valence-corrected chi connectivity index (χ2v) is 10.3. The zero-order chi connectivity index (χ0) is 23.6. The number of nitrogens with one attached hydrogen (secondary N) is 1. The van der Waals surface area contributed by atoms with E-state index in [1.54, 1.807) is 0 Å². The highest BCUT2D eigenvalue weighted by atomic mass is 35.5. The lowest BCUT2D eigenvalue weighted by Crippen LogP contribution is -2.35. The van der Waals surface area contributed by atoms with Crippen LogP contribution in [0.2, 0.25) is 5.02 Å². The summed E-state index contributed by atoms with van der Waals surface area (Å²) in [5.41, 5.74) is 4.60. The second kappa shape index (κ2) is 9.45. The number of carbonyl (C=O) groups excluding carboxylic acids is 1. The number of aryl methyl sites for hydroxylation is 3. The molecule has 0 saturated heterocycles. The van der Waals surface area contributed by atoms with Gasteiger partial charge in [-0.1, -0.05) is 35.9 Å². The molecule has 0 radical (unpaired) electrons. The van der Waals surface area contributed by atoms with E-state index in [0.29, 0.717) is 17.9 Å². The van der Waals surface area contributed by atoms with Crippen LogP contribution in [0.5, 0.6) is 5.75 Å². The molecule has 0 unspecified atom stereocenters.